The van der Waals surface area contributed by atoms with Crippen molar-refractivity contribution in [2.45, 2.75) is 101 Å². The third kappa shape index (κ3) is 13.2. The van der Waals surface area contributed by atoms with Gasteiger partial charge in [-0.25, -0.2) is 0 Å². The van der Waals surface area contributed by atoms with Crippen LogP contribution in [0.5, 0.6) is 0 Å². The molecule has 0 atom stereocenters. The number of aryl methyl sites for hydroxylation is 1. The monoisotopic (exact) mass is 1190 g/mol. The Morgan fingerprint density at radius 1 is 0.233 bits per heavy atom. The highest BCUT2D eigenvalue weighted by molar-refractivity contribution is 7.64. The predicted octanol–water partition coefficient (Wildman–Crippen LogP) is 26.6. The molecule has 0 spiro atoms. The van der Waals surface area contributed by atoms with Crippen molar-refractivity contribution in [2.75, 3.05) is 13.3 Å². The summed E-state index contributed by atoms with van der Waals surface area (Å²) in [5.41, 5.74) is 19.3. The molecule has 0 unspecified atom stereocenters. The van der Waals surface area contributed by atoms with Crippen molar-refractivity contribution < 1.29 is 0 Å². The van der Waals surface area contributed by atoms with Gasteiger partial charge in [-0.3, -0.25) is 0 Å². The quantitative estimate of drug-likeness (QED) is 0.110. The second-order valence-electron chi connectivity index (χ2n) is 25.2. The van der Waals surface area contributed by atoms with Gasteiger partial charge in [0.25, 0.3) is 0 Å². The summed E-state index contributed by atoms with van der Waals surface area (Å²) in [4.78, 5) is 0. The fraction of sp³-hybridized carbons (Fsp3) is 0.191. The maximum absolute atomic E-state index is 2.46. The second kappa shape index (κ2) is 27.9. The lowest BCUT2D eigenvalue weighted by Crippen LogP contribution is -2.11. The van der Waals surface area contributed by atoms with Crippen LogP contribution >= 0.6 is 7.92 Å². The average Bonchev–Trinajstić information content (AvgIpc) is 0.739. The molecule has 14 aromatic rings. The molecule has 0 saturated heterocycles. The Bertz CT molecular complexity index is 4780. The first-order valence-corrected chi connectivity index (χ1v) is 34.9. The first-order valence-electron chi connectivity index (χ1n) is 32.7. The fourth-order valence-corrected chi connectivity index (χ4v) is 13.4. The predicted molar refractivity (Wildman–Crippen MR) is 405 cm³/mol. The minimum Gasteiger partial charge on any atom is -0.0817 e. The lowest BCUT2D eigenvalue weighted by atomic mass is 9.79. The highest BCUT2D eigenvalue weighted by Gasteiger charge is 2.24. The van der Waals surface area contributed by atoms with E-state index in [2.05, 4.69) is 329 Å². The van der Waals surface area contributed by atoms with Crippen LogP contribution in [0.1, 0.15) is 99.8 Å². The highest BCUT2D eigenvalue weighted by atomic mass is 31.1. The van der Waals surface area contributed by atoms with Gasteiger partial charge in [0.15, 0.2) is 0 Å². The van der Waals surface area contributed by atoms with Gasteiger partial charge in [-0.15, -0.1) is 0 Å². The first kappa shape index (κ1) is 64.1. The summed E-state index contributed by atoms with van der Waals surface area (Å²) in [6, 6.07) is 99.4. The van der Waals surface area contributed by atoms with Crippen molar-refractivity contribution in [1.82, 2.24) is 0 Å². The molecule has 0 fully saturated rings. The summed E-state index contributed by atoms with van der Waals surface area (Å²) in [7, 11) is -0.221. The summed E-state index contributed by atoms with van der Waals surface area (Å²) in [6.07, 6.45) is 0. The molecule has 0 bridgehead atoms. The minimum atomic E-state index is -0.221. The number of rotatable bonds is 7. The number of hydrogen-bond acceptors (Lipinski definition) is 0. The van der Waals surface area contributed by atoms with Gasteiger partial charge in [-0.05, 0) is 209 Å². The van der Waals surface area contributed by atoms with Gasteiger partial charge in [0.1, 0.15) is 0 Å². The van der Waals surface area contributed by atoms with Gasteiger partial charge in [-0.2, -0.15) is 0 Å². The third-order valence-corrected chi connectivity index (χ3v) is 18.6. The molecule has 0 aliphatic carbocycles. The van der Waals surface area contributed by atoms with E-state index < -0.39 is 0 Å². The van der Waals surface area contributed by atoms with Crippen molar-refractivity contribution in [1.29, 1.82) is 0 Å². The number of benzene rings is 14. The smallest absolute Gasteiger partial charge is 0.00259 e. The largest absolute Gasteiger partial charge is 0.0817 e. The Kier molecular flexibility index (Phi) is 19.8. The summed E-state index contributed by atoms with van der Waals surface area (Å²) in [5.74, 6) is 0. The molecule has 0 amide bonds. The topological polar surface area (TPSA) is 0 Å². The molecule has 0 aliphatic heterocycles. The van der Waals surface area contributed by atoms with E-state index in [4.69, 9.17) is 0 Å². The summed E-state index contributed by atoms with van der Waals surface area (Å²) in [6.45, 7) is 32.7. The SMILES string of the molecule is CC.CC.CC.CC(C)(C)c1ccc2c(-c3ccc4ccccc4c3)c3cc(C(C)(C)C)ccc3c(-c3ccc(-c4ccccc4)cc3)c2c1.Cc1ccc2c(-c3ccc4ccccc4c3)c3cc(P(C)C)ccc3c(-c3ccc(-c4ccccc4)cc3)c2c1. The number of fused-ring (bicyclic) bond motifs is 6. The molecule has 0 aliphatic rings. The van der Waals surface area contributed by atoms with Crippen LogP contribution in [0.25, 0.3) is 131 Å². The zero-order chi connectivity index (χ0) is 63.9. The van der Waals surface area contributed by atoms with E-state index in [9.17, 15) is 0 Å². The standard InChI is InChI=1S/C44H40.C39H31P.3C2H6/c1-43(2,3)35-23-25-38-39(27-35)41(32-19-16-31(17-20-32)29-12-8-7-9-13-29)37-24-22-36(44(4,5)6)28-40(37)42(38)34-21-18-30-14-10-11-15-33(30)26-34;1-26-13-21-34-36(23-26)38(30-17-14-29(15-18-30)27-9-5-4-6-10-27)35-22-20-33(40(2)3)25-37(35)39(34)32-19-16-28-11-7-8-12-31(28)24-32;3*1-2/h7-28H,1-6H3;4-25H,1-3H3;3*1-2H3. The van der Waals surface area contributed by atoms with Crippen LogP contribution in [-0.4, -0.2) is 13.3 Å². The minimum absolute atomic E-state index is 0.0385. The van der Waals surface area contributed by atoms with Crippen molar-refractivity contribution in [2.24, 2.45) is 0 Å². The van der Waals surface area contributed by atoms with Crippen LogP contribution in [0, 0.1) is 6.92 Å². The zero-order valence-electron chi connectivity index (χ0n) is 55.9. The molecule has 14 aromatic carbocycles. The van der Waals surface area contributed by atoms with E-state index in [0.717, 1.165) is 0 Å². The Hall–Kier alpha value is -8.93. The van der Waals surface area contributed by atoms with Crippen molar-refractivity contribution >= 4 is 77.9 Å². The lowest BCUT2D eigenvalue weighted by Gasteiger charge is -2.25. The van der Waals surface area contributed by atoms with Crippen LogP contribution in [0.4, 0.5) is 0 Å². The maximum atomic E-state index is 2.46. The van der Waals surface area contributed by atoms with Crippen LogP contribution < -0.4 is 5.30 Å². The van der Waals surface area contributed by atoms with Gasteiger partial charge in [-0.1, -0.05) is 333 Å². The molecule has 0 saturated carbocycles. The molecule has 0 nitrogen and oxygen atoms in total. The molecular formula is C89H89P. The molecule has 450 valence electrons. The molecular weight excluding hydrogens is 1100 g/mol. The fourth-order valence-electron chi connectivity index (χ4n) is 12.6. The van der Waals surface area contributed by atoms with Crippen molar-refractivity contribution in [3.8, 4) is 66.8 Å². The molecule has 0 radical (unpaired) electrons. The zero-order valence-corrected chi connectivity index (χ0v) is 56.7. The Morgan fingerprint density at radius 3 is 0.922 bits per heavy atom. The molecule has 90 heavy (non-hydrogen) atoms. The molecule has 14 rings (SSSR count). The van der Waals surface area contributed by atoms with Crippen LogP contribution in [-0.2, 0) is 10.8 Å². The second-order valence-corrected chi connectivity index (χ2v) is 27.5. The summed E-state index contributed by atoms with van der Waals surface area (Å²) >= 11 is 0. The van der Waals surface area contributed by atoms with Gasteiger partial charge in [0.2, 0.25) is 0 Å². The Balaban J connectivity index is 0.000000184. The highest BCUT2D eigenvalue weighted by Crippen LogP contribution is 2.48. The van der Waals surface area contributed by atoms with E-state index in [-0.39, 0.29) is 18.8 Å². The molecule has 0 heterocycles. The van der Waals surface area contributed by atoms with Gasteiger partial charge in [0.05, 0.1) is 0 Å². The Labute approximate surface area is 539 Å². The van der Waals surface area contributed by atoms with Crippen LogP contribution in [0.2, 0.25) is 0 Å². The number of hydrogen-bond donors (Lipinski definition) is 0. The van der Waals surface area contributed by atoms with E-state index in [1.165, 1.54) is 153 Å². The van der Waals surface area contributed by atoms with Gasteiger partial charge >= 0.3 is 0 Å². The van der Waals surface area contributed by atoms with Gasteiger partial charge < -0.3 is 0 Å². The summed E-state index contributed by atoms with van der Waals surface area (Å²) < 4.78 is 0. The van der Waals surface area contributed by atoms with E-state index in [1.54, 1.807) is 0 Å². The molecule has 0 N–H and O–H groups in total. The van der Waals surface area contributed by atoms with Crippen molar-refractivity contribution in [3.63, 3.8) is 0 Å². The van der Waals surface area contributed by atoms with Gasteiger partial charge in [0, 0.05) is 0 Å². The van der Waals surface area contributed by atoms with Crippen LogP contribution in [0.3, 0.4) is 0 Å². The molecule has 1 heteroatoms. The Morgan fingerprint density at radius 2 is 0.533 bits per heavy atom. The normalized spacial score (nSPS) is 11.4. The summed E-state index contributed by atoms with van der Waals surface area (Å²) in [5, 5.41) is 17.0. The van der Waals surface area contributed by atoms with E-state index in [0.29, 0.717) is 0 Å². The van der Waals surface area contributed by atoms with E-state index >= 15 is 0 Å². The van der Waals surface area contributed by atoms with E-state index in [1.807, 2.05) is 41.5 Å². The lowest BCUT2D eigenvalue weighted by molar-refractivity contribution is 0.590. The van der Waals surface area contributed by atoms with Crippen LogP contribution in [0.15, 0.2) is 267 Å². The first-order chi connectivity index (χ1) is 43.6. The van der Waals surface area contributed by atoms with Crippen molar-refractivity contribution in [3.05, 3.63) is 284 Å². The third-order valence-electron chi connectivity index (χ3n) is 17.3. The average molecular weight is 1190 g/mol. The molecule has 0 aromatic heterocycles. The maximum Gasteiger partial charge on any atom is -0.00259 e.